The first-order valence-electron chi connectivity index (χ1n) is 12.0. The van der Waals surface area contributed by atoms with E-state index in [9.17, 15) is 13.2 Å². The number of aromatic nitrogens is 1. The van der Waals surface area contributed by atoms with Crippen LogP contribution < -0.4 is 4.80 Å². The maximum Gasteiger partial charge on any atom is 0.223 e. The molecule has 1 aromatic heterocycles. The Balaban J connectivity index is 1.38. The third kappa shape index (κ3) is 5.85. The molecule has 2 heterocycles. The fraction of sp³-hybridized carbons (Fsp3) is 0.462. The number of piperidine rings is 1. The standard InChI is InChI=1S/C26H33ClN4O3S2/c1-28-26-30(4)23(17-29(2)3)25(35-26)18-9-12-31(13-10-18)24(32)11-14-36(33,34)22-8-6-19-15-21(27)7-5-20(19)16-22/h5-8,15-16,18H,9-14,17H2,1-4H3. The van der Waals surface area contributed by atoms with Gasteiger partial charge in [-0.25, -0.2) is 8.42 Å². The van der Waals surface area contributed by atoms with Crippen molar-refractivity contribution < 1.29 is 13.2 Å². The van der Waals surface area contributed by atoms with Crippen LogP contribution in [0.25, 0.3) is 10.8 Å². The lowest BCUT2D eigenvalue weighted by Gasteiger charge is -2.32. The molecule has 1 amide bonds. The molecule has 194 valence electrons. The monoisotopic (exact) mass is 548 g/mol. The summed E-state index contributed by atoms with van der Waals surface area (Å²) < 4.78 is 28.1. The van der Waals surface area contributed by atoms with Crippen molar-refractivity contribution in [3.05, 3.63) is 56.8 Å². The van der Waals surface area contributed by atoms with Gasteiger partial charge in [-0.3, -0.25) is 9.79 Å². The van der Waals surface area contributed by atoms with E-state index in [0.29, 0.717) is 24.0 Å². The van der Waals surface area contributed by atoms with Crippen LogP contribution in [0.3, 0.4) is 0 Å². The molecule has 4 rings (SSSR count). The maximum absolute atomic E-state index is 12.9. The Morgan fingerprint density at radius 1 is 1.14 bits per heavy atom. The van der Waals surface area contributed by atoms with Crippen molar-refractivity contribution in [3.63, 3.8) is 0 Å². The largest absolute Gasteiger partial charge is 0.343 e. The summed E-state index contributed by atoms with van der Waals surface area (Å²) in [5.74, 6) is 0.0876. The number of carbonyl (C=O) groups excluding carboxylic acids is 1. The smallest absolute Gasteiger partial charge is 0.223 e. The van der Waals surface area contributed by atoms with E-state index in [-0.39, 0.29) is 23.0 Å². The third-order valence-corrected chi connectivity index (χ3v) is 10.1. The van der Waals surface area contributed by atoms with Gasteiger partial charge in [-0.2, -0.15) is 0 Å². The molecule has 0 aliphatic carbocycles. The molecular formula is C26H33ClN4O3S2. The molecular weight excluding hydrogens is 516 g/mol. The SMILES string of the molecule is CN=c1sc(C2CCN(C(=O)CCS(=O)(=O)c3ccc4cc(Cl)ccc4c3)CC2)c(CN(C)C)n1C. The molecule has 0 spiro atoms. The summed E-state index contributed by atoms with van der Waals surface area (Å²) in [6.07, 6.45) is 1.73. The van der Waals surface area contributed by atoms with Crippen molar-refractivity contribution in [1.29, 1.82) is 0 Å². The first kappa shape index (κ1) is 26.9. The number of rotatable bonds is 7. The number of amides is 1. The van der Waals surface area contributed by atoms with Crippen molar-refractivity contribution in [3.8, 4) is 0 Å². The van der Waals surface area contributed by atoms with Crippen LogP contribution in [-0.2, 0) is 28.2 Å². The third-order valence-electron chi connectivity index (χ3n) is 6.77. The minimum atomic E-state index is -3.57. The van der Waals surface area contributed by atoms with Gasteiger partial charge in [0, 0.05) is 55.7 Å². The lowest BCUT2D eigenvalue weighted by Crippen LogP contribution is -2.38. The molecule has 0 N–H and O–H groups in total. The molecule has 0 unspecified atom stereocenters. The highest BCUT2D eigenvalue weighted by molar-refractivity contribution is 7.91. The molecule has 1 fully saturated rings. The molecule has 0 radical (unpaired) electrons. The van der Waals surface area contributed by atoms with E-state index in [2.05, 4.69) is 35.6 Å². The molecule has 1 aliphatic rings. The van der Waals surface area contributed by atoms with Crippen LogP contribution in [0.5, 0.6) is 0 Å². The van der Waals surface area contributed by atoms with Crippen LogP contribution in [0.2, 0.25) is 5.02 Å². The van der Waals surface area contributed by atoms with Gasteiger partial charge in [-0.15, -0.1) is 11.3 Å². The van der Waals surface area contributed by atoms with Gasteiger partial charge < -0.3 is 14.4 Å². The first-order chi connectivity index (χ1) is 17.1. The predicted octanol–water partition coefficient (Wildman–Crippen LogP) is 4.06. The fourth-order valence-electron chi connectivity index (χ4n) is 4.78. The minimum absolute atomic E-state index is 0.00956. The number of halogens is 1. The van der Waals surface area contributed by atoms with Crippen LogP contribution in [-0.4, -0.2) is 68.7 Å². The van der Waals surface area contributed by atoms with Crippen molar-refractivity contribution in [2.45, 2.75) is 36.6 Å². The summed E-state index contributed by atoms with van der Waals surface area (Å²) in [6, 6.07) is 10.4. The van der Waals surface area contributed by atoms with Crippen LogP contribution in [0, 0.1) is 0 Å². The molecule has 1 saturated heterocycles. The second-order valence-electron chi connectivity index (χ2n) is 9.59. The first-order valence-corrected chi connectivity index (χ1v) is 14.9. The second-order valence-corrected chi connectivity index (χ2v) is 13.1. The Morgan fingerprint density at radius 2 is 1.81 bits per heavy atom. The van der Waals surface area contributed by atoms with Crippen LogP contribution in [0.15, 0.2) is 46.3 Å². The highest BCUT2D eigenvalue weighted by Gasteiger charge is 2.28. The molecule has 3 aromatic rings. The average Bonchev–Trinajstić information content (AvgIpc) is 3.16. The van der Waals surface area contributed by atoms with Gasteiger partial charge in [0.15, 0.2) is 14.6 Å². The Bertz CT molecular complexity index is 1440. The second kappa shape index (κ2) is 11.0. The zero-order valence-corrected chi connectivity index (χ0v) is 23.6. The van der Waals surface area contributed by atoms with Gasteiger partial charge in [-0.05, 0) is 67.9 Å². The normalized spacial score (nSPS) is 15.8. The summed E-state index contributed by atoms with van der Waals surface area (Å²) in [6.45, 7) is 2.13. The number of benzene rings is 2. The summed E-state index contributed by atoms with van der Waals surface area (Å²) in [5.41, 5.74) is 1.28. The Hall–Kier alpha value is -2.20. The van der Waals surface area contributed by atoms with Crippen molar-refractivity contribution in [2.24, 2.45) is 12.0 Å². The molecule has 0 bridgehead atoms. The van der Waals surface area contributed by atoms with Gasteiger partial charge >= 0.3 is 0 Å². The summed E-state index contributed by atoms with van der Waals surface area (Å²) in [4.78, 5) is 23.9. The Morgan fingerprint density at radius 3 is 2.47 bits per heavy atom. The molecule has 36 heavy (non-hydrogen) atoms. The topological polar surface area (TPSA) is 75.0 Å². The molecule has 1 aliphatic heterocycles. The lowest BCUT2D eigenvalue weighted by molar-refractivity contribution is -0.131. The van der Waals surface area contributed by atoms with E-state index in [1.165, 1.54) is 10.6 Å². The van der Waals surface area contributed by atoms with Gasteiger partial charge in [-0.1, -0.05) is 23.7 Å². The minimum Gasteiger partial charge on any atom is -0.343 e. The number of hydrogen-bond donors (Lipinski definition) is 0. The van der Waals surface area contributed by atoms with E-state index in [0.717, 1.165) is 35.0 Å². The van der Waals surface area contributed by atoms with E-state index in [1.54, 1.807) is 47.7 Å². The summed E-state index contributed by atoms with van der Waals surface area (Å²) in [7, 11) is 4.43. The molecule has 7 nitrogen and oxygen atoms in total. The summed E-state index contributed by atoms with van der Waals surface area (Å²) >= 11 is 7.76. The van der Waals surface area contributed by atoms with Crippen LogP contribution >= 0.6 is 22.9 Å². The van der Waals surface area contributed by atoms with Gasteiger partial charge in [0.05, 0.1) is 10.6 Å². The molecule has 0 atom stereocenters. The van der Waals surface area contributed by atoms with Crippen molar-refractivity contribution >= 4 is 49.5 Å². The number of hydrogen-bond acceptors (Lipinski definition) is 6. The Kier molecular flexibility index (Phi) is 8.24. The predicted molar refractivity (Wildman–Crippen MR) is 146 cm³/mol. The number of likely N-dealkylation sites (tertiary alicyclic amines) is 1. The number of thiazole rings is 1. The number of carbonyl (C=O) groups is 1. The lowest BCUT2D eigenvalue weighted by atomic mass is 9.93. The van der Waals surface area contributed by atoms with E-state index < -0.39 is 9.84 Å². The highest BCUT2D eigenvalue weighted by atomic mass is 35.5. The van der Waals surface area contributed by atoms with E-state index >= 15 is 0 Å². The van der Waals surface area contributed by atoms with Gasteiger partial charge in [0.1, 0.15) is 0 Å². The van der Waals surface area contributed by atoms with Crippen LogP contribution in [0.4, 0.5) is 0 Å². The number of nitrogens with zero attached hydrogens (tertiary/aromatic N) is 4. The fourth-order valence-corrected chi connectivity index (χ4v) is 7.48. The average molecular weight is 549 g/mol. The van der Waals surface area contributed by atoms with Crippen molar-refractivity contribution in [2.75, 3.05) is 40.0 Å². The zero-order chi connectivity index (χ0) is 26.0. The van der Waals surface area contributed by atoms with Gasteiger partial charge in [0.2, 0.25) is 5.91 Å². The van der Waals surface area contributed by atoms with Crippen LogP contribution in [0.1, 0.15) is 35.8 Å². The quantitative estimate of drug-likeness (QED) is 0.446. The highest BCUT2D eigenvalue weighted by Crippen LogP contribution is 2.33. The maximum atomic E-state index is 12.9. The molecule has 2 aromatic carbocycles. The zero-order valence-electron chi connectivity index (χ0n) is 21.2. The molecule has 0 saturated carbocycles. The number of sulfone groups is 1. The Labute approximate surface area is 221 Å². The molecule has 10 heteroatoms. The summed E-state index contributed by atoms with van der Waals surface area (Å²) in [5, 5.41) is 2.30. The van der Waals surface area contributed by atoms with E-state index in [1.807, 2.05) is 11.9 Å². The van der Waals surface area contributed by atoms with E-state index in [4.69, 9.17) is 11.6 Å². The number of fused-ring (bicyclic) bond motifs is 1. The van der Waals surface area contributed by atoms with Crippen molar-refractivity contribution in [1.82, 2.24) is 14.4 Å². The van der Waals surface area contributed by atoms with Gasteiger partial charge in [0.25, 0.3) is 0 Å².